The monoisotopic (exact) mass is 477 g/mol. The Hall–Kier alpha value is -3.46. The van der Waals surface area contributed by atoms with Gasteiger partial charge in [0, 0.05) is 37.8 Å². The molecule has 1 aromatic heterocycles. The van der Waals surface area contributed by atoms with E-state index in [0.29, 0.717) is 54.7 Å². The van der Waals surface area contributed by atoms with E-state index in [1.807, 2.05) is 12.1 Å². The number of anilines is 2. The summed E-state index contributed by atoms with van der Waals surface area (Å²) in [5.74, 6) is -0.158. The molecule has 1 aromatic carbocycles. The molecule has 1 saturated carbocycles. The van der Waals surface area contributed by atoms with Gasteiger partial charge in [0.1, 0.15) is 11.4 Å². The third kappa shape index (κ3) is 4.36. The van der Waals surface area contributed by atoms with Gasteiger partial charge in [-0.15, -0.1) is 0 Å². The molecule has 9 heteroatoms. The van der Waals surface area contributed by atoms with Crippen LogP contribution in [0.1, 0.15) is 61.5 Å². The summed E-state index contributed by atoms with van der Waals surface area (Å²) in [5, 5.41) is 12.8. The van der Waals surface area contributed by atoms with Crippen LogP contribution in [0.2, 0.25) is 0 Å². The minimum absolute atomic E-state index is 0.0122. The van der Waals surface area contributed by atoms with Crippen molar-refractivity contribution in [1.82, 2.24) is 15.1 Å². The Bertz CT molecular complexity index is 1200. The third-order valence-electron chi connectivity index (χ3n) is 7.57. The van der Waals surface area contributed by atoms with Gasteiger partial charge in [-0.25, -0.2) is 0 Å². The van der Waals surface area contributed by atoms with Gasteiger partial charge in [-0.05, 0) is 73.8 Å². The Morgan fingerprint density at radius 1 is 1.17 bits per heavy atom. The molecule has 2 aliphatic heterocycles. The zero-order chi connectivity index (χ0) is 24.6. The zero-order valence-electron chi connectivity index (χ0n) is 20.1. The number of allylic oxidation sites excluding steroid dienone is 1. The number of rotatable bonds is 4. The maximum Gasteiger partial charge on any atom is 0.274 e. The van der Waals surface area contributed by atoms with E-state index in [0.717, 1.165) is 36.8 Å². The number of carbonyl (C=O) groups is 3. The van der Waals surface area contributed by atoms with Crippen molar-refractivity contribution in [2.45, 2.75) is 50.9 Å². The average Bonchev–Trinajstić information content (AvgIpc) is 3.39. The van der Waals surface area contributed by atoms with E-state index in [1.54, 1.807) is 25.4 Å². The van der Waals surface area contributed by atoms with Crippen molar-refractivity contribution in [3.8, 4) is 0 Å². The first kappa shape index (κ1) is 23.3. The lowest BCUT2D eigenvalue weighted by molar-refractivity contribution is -0.124. The standard InChI is InChI=1S/C26H31N5O4/c1-16-3-5-17(6-4-16)22(30-23(32)21-9-12-27-31(21)2)24(33)28-18-7-8-19-20(15-18)29-25(34)26(19)10-13-35-14-11-26/h7-9,12,15-16H,3-6,10-11,13-14H2,1-2H3,(H,28,33)(H,29,34)(H,30,32). The van der Waals surface area contributed by atoms with Gasteiger partial charge in [0.25, 0.3) is 11.8 Å². The average molecular weight is 478 g/mol. The molecule has 3 aliphatic rings. The molecule has 0 unspecified atom stereocenters. The fourth-order valence-electron chi connectivity index (χ4n) is 5.36. The highest BCUT2D eigenvalue weighted by molar-refractivity contribution is 6.10. The van der Waals surface area contributed by atoms with Crippen molar-refractivity contribution < 1.29 is 19.1 Å². The molecule has 184 valence electrons. The van der Waals surface area contributed by atoms with E-state index in [2.05, 4.69) is 28.0 Å². The Kier molecular flexibility index (Phi) is 6.19. The number of nitrogens with zero attached hydrogens (tertiary/aromatic N) is 2. The maximum absolute atomic E-state index is 13.4. The van der Waals surface area contributed by atoms with Crippen LogP contribution in [0, 0.1) is 5.92 Å². The van der Waals surface area contributed by atoms with Gasteiger partial charge in [-0.3, -0.25) is 19.1 Å². The molecule has 0 atom stereocenters. The predicted octanol–water partition coefficient (Wildman–Crippen LogP) is 3.25. The lowest BCUT2D eigenvalue weighted by Gasteiger charge is -2.31. The van der Waals surface area contributed by atoms with Gasteiger partial charge >= 0.3 is 0 Å². The Labute approximate surface area is 204 Å². The summed E-state index contributed by atoms with van der Waals surface area (Å²) in [4.78, 5) is 39.2. The van der Waals surface area contributed by atoms with Crippen LogP contribution < -0.4 is 16.0 Å². The van der Waals surface area contributed by atoms with Crippen molar-refractivity contribution in [3.63, 3.8) is 0 Å². The highest BCUT2D eigenvalue weighted by Crippen LogP contribution is 2.45. The van der Waals surface area contributed by atoms with Crippen LogP contribution >= 0.6 is 0 Å². The first-order valence-corrected chi connectivity index (χ1v) is 12.2. The van der Waals surface area contributed by atoms with Gasteiger partial charge in [0.15, 0.2) is 0 Å². The van der Waals surface area contributed by atoms with Crippen molar-refractivity contribution in [3.05, 3.63) is 53.0 Å². The molecule has 3 N–H and O–H groups in total. The van der Waals surface area contributed by atoms with Crippen molar-refractivity contribution in [2.24, 2.45) is 13.0 Å². The number of hydrogen-bond donors (Lipinski definition) is 3. The highest BCUT2D eigenvalue weighted by Gasteiger charge is 2.47. The molecular weight excluding hydrogens is 446 g/mol. The summed E-state index contributed by atoms with van der Waals surface area (Å²) >= 11 is 0. The minimum Gasteiger partial charge on any atom is -0.381 e. The molecule has 1 aliphatic carbocycles. The van der Waals surface area contributed by atoms with Crippen molar-refractivity contribution >= 4 is 29.1 Å². The highest BCUT2D eigenvalue weighted by atomic mass is 16.5. The molecule has 0 bridgehead atoms. The van der Waals surface area contributed by atoms with Crippen LogP contribution in [0.4, 0.5) is 11.4 Å². The molecule has 3 amide bonds. The van der Waals surface area contributed by atoms with Crippen LogP contribution in [0.3, 0.4) is 0 Å². The second-order valence-electron chi connectivity index (χ2n) is 9.82. The van der Waals surface area contributed by atoms with Gasteiger partial charge in [-0.2, -0.15) is 5.10 Å². The van der Waals surface area contributed by atoms with Gasteiger partial charge < -0.3 is 20.7 Å². The second-order valence-corrected chi connectivity index (χ2v) is 9.82. The molecule has 1 saturated heterocycles. The fraction of sp³-hybridized carbons (Fsp3) is 0.462. The van der Waals surface area contributed by atoms with Crippen LogP contribution in [0.25, 0.3) is 0 Å². The number of carbonyl (C=O) groups excluding carboxylic acids is 3. The second kappa shape index (κ2) is 9.30. The summed E-state index contributed by atoms with van der Waals surface area (Å²) in [5.41, 5.74) is 3.30. The van der Waals surface area contributed by atoms with E-state index in [1.165, 1.54) is 4.68 Å². The van der Waals surface area contributed by atoms with E-state index in [-0.39, 0.29) is 17.7 Å². The van der Waals surface area contributed by atoms with E-state index >= 15 is 0 Å². The SMILES string of the molecule is CC1CCC(=C(NC(=O)c2ccnn2C)C(=O)Nc2ccc3c(c2)NC(=O)C32CCOCC2)CC1. The lowest BCUT2D eigenvalue weighted by Crippen LogP contribution is -2.39. The van der Waals surface area contributed by atoms with Gasteiger partial charge in [0.05, 0.1) is 5.41 Å². The number of nitrogens with one attached hydrogen (secondary N) is 3. The van der Waals surface area contributed by atoms with Crippen LogP contribution in [-0.2, 0) is 26.8 Å². The summed E-state index contributed by atoms with van der Waals surface area (Å²) in [6.45, 7) is 3.31. The normalized spacial score (nSPS) is 20.8. The summed E-state index contributed by atoms with van der Waals surface area (Å²) in [7, 11) is 1.69. The molecule has 9 nitrogen and oxygen atoms in total. The molecule has 1 spiro atoms. The number of aryl methyl sites for hydroxylation is 1. The van der Waals surface area contributed by atoms with Crippen LogP contribution in [0.5, 0.6) is 0 Å². The summed E-state index contributed by atoms with van der Waals surface area (Å²) in [6.07, 6.45) is 6.32. The van der Waals surface area contributed by atoms with Crippen molar-refractivity contribution in [1.29, 1.82) is 0 Å². The van der Waals surface area contributed by atoms with Gasteiger partial charge in [0.2, 0.25) is 5.91 Å². The van der Waals surface area contributed by atoms with E-state index in [9.17, 15) is 14.4 Å². The molecule has 2 aromatic rings. The molecule has 2 fully saturated rings. The number of hydrogen-bond acceptors (Lipinski definition) is 5. The number of fused-ring (bicyclic) bond motifs is 2. The van der Waals surface area contributed by atoms with Crippen LogP contribution in [-0.4, -0.2) is 40.7 Å². The maximum atomic E-state index is 13.4. The molecule has 3 heterocycles. The molecule has 35 heavy (non-hydrogen) atoms. The number of aromatic nitrogens is 2. The summed E-state index contributed by atoms with van der Waals surface area (Å²) < 4.78 is 6.95. The molecular formula is C26H31N5O4. The first-order valence-electron chi connectivity index (χ1n) is 12.2. The van der Waals surface area contributed by atoms with Gasteiger partial charge in [-0.1, -0.05) is 13.0 Å². The smallest absolute Gasteiger partial charge is 0.274 e. The first-order chi connectivity index (χ1) is 16.9. The Balaban J connectivity index is 1.39. The predicted molar refractivity (Wildman–Crippen MR) is 131 cm³/mol. The number of benzene rings is 1. The quantitative estimate of drug-likeness (QED) is 0.585. The molecule has 0 radical (unpaired) electrons. The number of ether oxygens (including phenoxy) is 1. The largest absolute Gasteiger partial charge is 0.381 e. The third-order valence-corrected chi connectivity index (χ3v) is 7.57. The Morgan fingerprint density at radius 3 is 2.60 bits per heavy atom. The lowest BCUT2D eigenvalue weighted by atomic mass is 9.75. The zero-order valence-corrected chi connectivity index (χ0v) is 20.1. The molecule has 5 rings (SSSR count). The Morgan fingerprint density at radius 2 is 1.91 bits per heavy atom. The minimum atomic E-state index is -0.556. The fourth-order valence-corrected chi connectivity index (χ4v) is 5.36. The summed E-state index contributed by atoms with van der Waals surface area (Å²) in [6, 6.07) is 7.15. The topological polar surface area (TPSA) is 114 Å². The van der Waals surface area contributed by atoms with E-state index in [4.69, 9.17) is 4.74 Å². The van der Waals surface area contributed by atoms with E-state index < -0.39 is 5.41 Å². The van der Waals surface area contributed by atoms with Crippen LogP contribution in [0.15, 0.2) is 41.7 Å². The van der Waals surface area contributed by atoms with Crippen molar-refractivity contribution in [2.75, 3.05) is 23.8 Å². The number of amides is 3.